The van der Waals surface area contributed by atoms with Crippen molar-refractivity contribution in [3.05, 3.63) is 11.8 Å². The number of nitrogens with two attached hydrogens (primary N) is 1. The fraction of sp³-hybridized carbons (Fsp3) is 0.333. The van der Waals surface area contributed by atoms with Crippen molar-refractivity contribution in [1.29, 1.82) is 0 Å². The summed E-state index contributed by atoms with van der Waals surface area (Å²) in [7, 11) is -2.53. The minimum Gasteiger partial charge on any atom is -0.364 e. The van der Waals surface area contributed by atoms with Crippen molar-refractivity contribution in [2.75, 3.05) is 7.05 Å². The number of hydrogen-bond donors (Lipinski definition) is 1. The van der Waals surface area contributed by atoms with Gasteiger partial charge < -0.3 is 5.73 Å². The number of amides is 1. The summed E-state index contributed by atoms with van der Waals surface area (Å²) in [6, 6.07) is 0. The summed E-state index contributed by atoms with van der Waals surface area (Å²) in [5.41, 5.74) is 5.14. The molecule has 0 fully saturated rings. The molecule has 6 nitrogen and oxygen atoms in total. The maximum absolute atomic E-state index is 11.2. The Morgan fingerprint density at radius 3 is 2.62 bits per heavy atom. The van der Waals surface area contributed by atoms with Gasteiger partial charge in [0.1, 0.15) is 5.70 Å². The SMILES string of the molecule is CC1=NS(=O)(=O)N(C)C(C(N)=O)=C1. The van der Waals surface area contributed by atoms with Crippen molar-refractivity contribution in [2.24, 2.45) is 10.1 Å². The van der Waals surface area contributed by atoms with Gasteiger partial charge >= 0.3 is 10.2 Å². The predicted molar refractivity (Wildman–Crippen MR) is 47.1 cm³/mol. The van der Waals surface area contributed by atoms with Gasteiger partial charge in [0.05, 0.1) is 5.71 Å². The summed E-state index contributed by atoms with van der Waals surface area (Å²) in [5.74, 6) is -0.791. The van der Waals surface area contributed by atoms with Crippen molar-refractivity contribution < 1.29 is 13.2 Å². The Hall–Kier alpha value is -1.37. The van der Waals surface area contributed by atoms with Crippen LogP contribution in [0.25, 0.3) is 0 Å². The molecule has 0 bridgehead atoms. The zero-order chi connectivity index (χ0) is 10.2. The number of rotatable bonds is 1. The molecule has 0 aromatic heterocycles. The first-order valence-corrected chi connectivity index (χ1v) is 4.81. The van der Waals surface area contributed by atoms with Gasteiger partial charge in [-0.1, -0.05) is 0 Å². The highest BCUT2D eigenvalue weighted by Crippen LogP contribution is 2.14. The molecule has 1 aliphatic heterocycles. The van der Waals surface area contributed by atoms with Gasteiger partial charge in [-0.25, -0.2) is 4.31 Å². The molecule has 1 rings (SSSR count). The highest BCUT2D eigenvalue weighted by Gasteiger charge is 2.26. The molecule has 0 spiro atoms. The summed E-state index contributed by atoms with van der Waals surface area (Å²) in [5, 5.41) is 0. The Morgan fingerprint density at radius 1 is 1.62 bits per heavy atom. The molecule has 1 heterocycles. The second-order valence-corrected chi connectivity index (χ2v) is 4.20. The second kappa shape index (κ2) is 2.84. The van der Waals surface area contributed by atoms with E-state index in [0.29, 0.717) is 0 Å². The molecule has 0 radical (unpaired) electrons. The van der Waals surface area contributed by atoms with Crippen LogP contribution in [0.15, 0.2) is 16.2 Å². The van der Waals surface area contributed by atoms with Crippen LogP contribution in [-0.4, -0.2) is 31.4 Å². The van der Waals surface area contributed by atoms with Gasteiger partial charge in [0.25, 0.3) is 5.91 Å². The standard InChI is InChI=1S/C6H9N3O3S/c1-4-3-5(6(7)10)9(2)13(11,12)8-4/h3H,1-2H3,(H2,7,10). The topological polar surface area (TPSA) is 92.8 Å². The van der Waals surface area contributed by atoms with Gasteiger partial charge in [-0.15, -0.1) is 4.40 Å². The van der Waals surface area contributed by atoms with Gasteiger partial charge in [-0.05, 0) is 13.0 Å². The summed E-state index contributed by atoms with van der Waals surface area (Å²) in [4.78, 5) is 10.8. The van der Waals surface area contributed by atoms with Crippen molar-refractivity contribution in [3.8, 4) is 0 Å². The van der Waals surface area contributed by atoms with Crippen molar-refractivity contribution >= 4 is 21.8 Å². The highest BCUT2D eigenvalue weighted by atomic mass is 32.2. The van der Waals surface area contributed by atoms with Crippen LogP contribution in [0, 0.1) is 0 Å². The van der Waals surface area contributed by atoms with E-state index in [0.717, 1.165) is 4.31 Å². The molecular formula is C6H9N3O3S. The molecule has 2 N–H and O–H groups in total. The lowest BCUT2D eigenvalue weighted by molar-refractivity contribution is -0.115. The van der Waals surface area contributed by atoms with E-state index in [4.69, 9.17) is 5.73 Å². The molecule has 13 heavy (non-hydrogen) atoms. The molecule has 0 aromatic carbocycles. The second-order valence-electron chi connectivity index (χ2n) is 2.57. The number of allylic oxidation sites excluding steroid dienone is 1. The first-order valence-electron chi connectivity index (χ1n) is 3.41. The van der Waals surface area contributed by atoms with Crippen LogP contribution in [0.5, 0.6) is 0 Å². The van der Waals surface area contributed by atoms with Gasteiger partial charge in [0.15, 0.2) is 0 Å². The van der Waals surface area contributed by atoms with E-state index in [1.54, 1.807) is 0 Å². The van der Waals surface area contributed by atoms with Gasteiger partial charge in [0, 0.05) is 7.05 Å². The van der Waals surface area contributed by atoms with Crippen LogP contribution in [0.4, 0.5) is 0 Å². The van der Waals surface area contributed by atoms with Gasteiger partial charge in [-0.3, -0.25) is 4.79 Å². The fourth-order valence-corrected chi connectivity index (χ4v) is 1.84. The van der Waals surface area contributed by atoms with E-state index in [2.05, 4.69) is 4.40 Å². The number of carbonyl (C=O) groups excluding carboxylic acids is 1. The first-order chi connectivity index (χ1) is 5.84. The number of nitrogens with zero attached hydrogens (tertiary/aromatic N) is 2. The molecule has 0 aliphatic carbocycles. The van der Waals surface area contributed by atoms with E-state index in [1.807, 2.05) is 0 Å². The average Bonchev–Trinajstić information content (AvgIpc) is 1.95. The van der Waals surface area contributed by atoms with Crippen LogP contribution < -0.4 is 5.73 Å². The van der Waals surface area contributed by atoms with Crippen molar-refractivity contribution in [2.45, 2.75) is 6.92 Å². The molecule has 0 atom stereocenters. The Bertz CT molecular complexity index is 407. The minimum atomic E-state index is -3.75. The third kappa shape index (κ3) is 1.69. The summed E-state index contributed by atoms with van der Waals surface area (Å²) < 4.78 is 26.5. The first kappa shape index (κ1) is 9.72. The molecule has 1 amide bonds. The zero-order valence-electron chi connectivity index (χ0n) is 7.18. The smallest absolute Gasteiger partial charge is 0.344 e. The normalized spacial score (nSPS) is 20.6. The zero-order valence-corrected chi connectivity index (χ0v) is 8.00. The van der Waals surface area contributed by atoms with Crippen LogP contribution >= 0.6 is 0 Å². The average molecular weight is 203 g/mol. The van der Waals surface area contributed by atoms with Gasteiger partial charge in [0.2, 0.25) is 0 Å². The molecule has 7 heteroatoms. The predicted octanol–water partition coefficient (Wildman–Crippen LogP) is -0.993. The molecule has 1 aliphatic rings. The fourth-order valence-electron chi connectivity index (χ4n) is 0.909. The van der Waals surface area contributed by atoms with Crippen LogP contribution in [0.3, 0.4) is 0 Å². The number of likely N-dealkylation sites (N-methyl/N-ethyl adjacent to an activating group) is 1. The van der Waals surface area contributed by atoms with Crippen LogP contribution in [0.1, 0.15) is 6.92 Å². The lowest BCUT2D eigenvalue weighted by Crippen LogP contribution is -2.35. The summed E-state index contributed by atoms with van der Waals surface area (Å²) >= 11 is 0. The van der Waals surface area contributed by atoms with Crippen molar-refractivity contribution in [3.63, 3.8) is 0 Å². The van der Waals surface area contributed by atoms with E-state index < -0.39 is 16.1 Å². The Kier molecular flexibility index (Phi) is 2.12. The van der Waals surface area contributed by atoms with Crippen molar-refractivity contribution in [1.82, 2.24) is 4.31 Å². The Labute approximate surface area is 75.9 Å². The third-order valence-corrected chi connectivity index (χ3v) is 2.95. The molecule has 0 saturated carbocycles. The van der Waals surface area contributed by atoms with Gasteiger partial charge in [-0.2, -0.15) is 8.42 Å². The summed E-state index contributed by atoms with van der Waals surface area (Å²) in [6.07, 6.45) is 1.32. The number of carbonyl (C=O) groups is 1. The molecule has 0 unspecified atom stereocenters. The Balaban J connectivity index is 3.28. The van der Waals surface area contributed by atoms with E-state index in [-0.39, 0.29) is 11.4 Å². The lowest BCUT2D eigenvalue weighted by atomic mass is 10.3. The number of primary amides is 1. The molecule has 0 saturated heterocycles. The monoisotopic (exact) mass is 203 g/mol. The highest BCUT2D eigenvalue weighted by molar-refractivity contribution is 7.88. The lowest BCUT2D eigenvalue weighted by Gasteiger charge is -2.20. The maximum atomic E-state index is 11.2. The van der Waals surface area contributed by atoms with E-state index in [1.165, 1.54) is 20.0 Å². The van der Waals surface area contributed by atoms with Crippen LogP contribution in [-0.2, 0) is 15.0 Å². The third-order valence-electron chi connectivity index (χ3n) is 1.54. The largest absolute Gasteiger partial charge is 0.364 e. The van der Waals surface area contributed by atoms with E-state index >= 15 is 0 Å². The summed E-state index contributed by atoms with van der Waals surface area (Å²) in [6.45, 7) is 1.48. The Morgan fingerprint density at radius 2 is 2.15 bits per heavy atom. The van der Waals surface area contributed by atoms with E-state index in [9.17, 15) is 13.2 Å². The maximum Gasteiger partial charge on any atom is 0.344 e. The van der Waals surface area contributed by atoms with Crippen LogP contribution in [0.2, 0.25) is 0 Å². The quantitative estimate of drug-likeness (QED) is 0.592. The molecule has 72 valence electrons. The molecule has 0 aromatic rings. The molecular weight excluding hydrogens is 194 g/mol. The number of hydrogen-bond acceptors (Lipinski definition) is 3. The minimum absolute atomic E-state index is 0.0764.